The maximum absolute atomic E-state index is 2.49. The van der Waals surface area contributed by atoms with Crippen LogP contribution in [0.5, 0.6) is 0 Å². The van der Waals surface area contributed by atoms with Crippen molar-refractivity contribution in [1.29, 1.82) is 0 Å². The summed E-state index contributed by atoms with van der Waals surface area (Å²) in [5, 5.41) is 0. The van der Waals surface area contributed by atoms with Gasteiger partial charge in [0.25, 0.3) is 0 Å². The first-order chi connectivity index (χ1) is 4.66. The van der Waals surface area contributed by atoms with Crippen LogP contribution in [0, 0.1) is 0 Å². The van der Waals surface area contributed by atoms with Crippen molar-refractivity contribution in [2.24, 2.45) is 0 Å². The van der Waals surface area contributed by atoms with Gasteiger partial charge in [0.15, 0.2) is 0 Å². The molecule has 0 aromatic heterocycles. The third kappa shape index (κ3) is 6.94. The molecular formula is C8H20InN. The van der Waals surface area contributed by atoms with Crippen LogP contribution in [0.25, 0.3) is 0 Å². The van der Waals surface area contributed by atoms with Gasteiger partial charge in [-0.2, -0.15) is 0 Å². The van der Waals surface area contributed by atoms with Gasteiger partial charge < -0.3 is 0 Å². The third-order valence-electron chi connectivity index (χ3n) is 1.86. The normalized spacial score (nSPS) is 10.5. The van der Waals surface area contributed by atoms with Gasteiger partial charge in [0.1, 0.15) is 0 Å². The van der Waals surface area contributed by atoms with Crippen molar-refractivity contribution < 1.29 is 0 Å². The van der Waals surface area contributed by atoms with E-state index in [1.54, 1.807) is 4.18 Å². The number of nitrogens with zero attached hydrogens (tertiary/aromatic N) is 1. The molecule has 0 heterocycles. The van der Waals surface area contributed by atoms with E-state index in [1.165, 1.54) is 19.5 Å². The van der Waals surface area contributed by atoms with Crippen molar-refractivity contribution >= 4 is 21.4 Å². The summed E-state index contributed by atoms with van der Waals surface area (Å²) in [6.07, 6.45) is 1.44. The zero-order chi connectivity index (χ0) is 7.98. The zero-order valence-electron chi connectivity index (χ0n) is 7.85. The van der Waals surface area contributed by atoms with E-state index in [0.29, 0.717) is 0 Å². The Balaban J connectivity index is 3.03. The molecule has 0 saturated carbocycles. The van der Waals surface area contributed by atoms with E-state index in [9.17, 15) is 0 Å². The summed E-state index contributed by atoms with van der Waals surface area (Å²) in [4.78, 5) is 2.40. The molecule has 0 unspecified atom stereocenters. The molecule has 0 N–H and O–H groups in total. The second kappa shape index (κ2) is 6.53. The van der Waals surface area contributed by atoms with E-state index in [4.69, 9.17) is 0 Å². The predicted octanol–water partition coefficient (Wildman–Crippen LogP) is 2.08. The van der Waals surface area contributed by atoms with Crippen molar-refractivity contribution in [2.75, 3.05) is 20.1 Å². The molecule has 0 rings (SSSR count). The summed E-state index contributed by atoms with van der Waals surface area (Å²) in [6, 6.07) is 0. The fourth-order valence-corrected chi connectivity index (χ4v) is 3.78. The van der Waals surface area contributed by atoms with E-state index in [2.05, 4.69) is 28.2 Å². The molecular weight excluding hydrogens is 225 g/mol. The van der Waals surface area contributed by atoms with E-state index in [0.717, 1.165) is 0 Å². The van der Waals surface area contributed by atoms with Gasteiger partial charge in [-0.15, -0.1) is 0 Å². The van der Waals surface area contributed by atoms with Gasteiger partial charge in [-0.1, -0.05) is 0 Å². The molecule has 0 aliphatic heterocycles. The Morgan fingerprint density at radius 3 is 2.30 bits per heavy atom. The number of rotatable bonds is 5. The second-order valence-corrected chi connectivity index (χ2v) is 13.0. The summed E-state index contributed by atoms with van der Waals surface area (Å²) in [6.45, 7) is 4.73. The average Bonchev–Trinajstić information content (AvgIpc) is 1.87. The summed E-state index contributed by atoms with van der Waals surface area (Å²) in [5.74, 6) is 0. The summed E-state index contributed by atoms with van der Waals surface area (Å²) < 4.78 is 6.56. The van der Waals surface area contributed by atoms with Gasteiger partial charge in [0, 0.05) is 0 Å². The van der Waals surface area contributed by atoms with E-state index >= 15 is 0 Å². The molecule has 0 bridgehead atoms. The number of hydrogen-bond donors (Lipinski definition) is 0. The molecule has 0 atom stereocenters. The topological polar surface area (TPSA) is 3.24 Å². The van der Waals surface area contributed by atoms with Gasteiger partial charge in [-0.25, -0.2) is 0 Å². The van der Waals surface area contributed by atoms with Crippen molar-refractivity contribution in [3.8, 4) is 0 Å². The monoisotopic (exact) mass is 245 g/mol. The second-order valence-electron chi connectivity index (χ2n) is 3.43. The fourth-order valence-electron chi connectivity index (χ4n) is 0.928. The van der Waals surface area contributed by atoms with Crippen LogP contribution in [0.1, 0.15) is 13.3 Å². The SMILES string of the molecule is CCN(C)CC[CH2][In]([CH3])[CH3]. The van der Waals surface area contributed by atoms with E-state index in [1.807, 2.05) is 0 Å². The molecule has 0 saturated heterocycles. The molecule has 0 aromatic rings. The Morgan fingerprint density at radius 2 is 1.90 bits per heavy atom. The van der Waals surface area contributed by atoms with E-state index < -0.39 is 21.4 Å². The number of hydrogen-bond acceptors (Lipinski definition) is 1. The van der Waals surface area contributed by atoms with Gasteiger partial charge in [0.05, 0.1) is 0 Å². The molecule has 0 aliphatic carbocycles. The van der Waals surface area contributed by atoms with Crippen LogP contribution in [-0.2, 0) is 0 Å². The molecule has 60 valence electrons. The average molecular weight is 245 g/mol. The van der Waals surface area contributed by atoms with Crippen LogP contribution in [0.4, 0.5) is 0 Å². The van der Waals surface area contributed by atoms with Gasteiger partial charge in [-0.3, -0.25) is 0 Å². The quantitative estimate of drug-likeness (QED) is 0.716. The zero-order valence-corrected chi connectivity index (χ0v) is 11.1. The van der Waals surface area contributed by atoms with Crippen molar-refractivity contribution in [1.82, 2.24) is 4.90 Å². The van der Waals surface area contributed by atoms with Gasteiger partial charge >= 0.3 is 73.4 Å². The van der Waals surface area contributed by atoms with Crippen molar-refractivity contribution in [2.45, 2.75) is 26.9 Å². The summed E-state index contributed by atoms with van der Waals surface area (Å²) in [5.41, 5.74) is 0. The van der Waals surface area contributed by atoms with Crippen LogP contribution >= 0.6 is 0 Å². The van der Waals surface area contributed by atoms with Crippen molar-refractivity contribution in [3.63, 3.8) is 0 Å². The molecule has 10 heavy (non-hydrogen) atoms. The molecule has 1 nitrogen and oxygen atoms in total. The molecule has 2 heteroatoms. The summed E-state index contributed by atoms with van der Waals surface area (Å²) >= 11 is -0.847. The fraction of sp³-hybridized carbons (Fsp3) is 1.00. The molecule has 0 aliphatic rings. The first-order valence-electron chi connectivity index (χ1n) is 4.35. The molecule has 0 fully saturated rings. The first-order valence-corrected chi connectivity index (χ1v) is 13.3. The summed E-state index contributed by atoms with van der Waals surface area (Å²) in [7, 11) is 2.20. The van der Waals surface area contributed by atoms with E-state index in [-0.39, 0.29) is 0 Å². The molecule has 0 aromatic carbocycles. The predicted molar refractivity (Wildman–Crippen MR) is 50.1 cm³/mol. The van der Waals surface area contributed by atoms with Crippen LogP contribution in [0.2, 0.25) is 13.5 Å². The Hall–Kier alpha value is 0.830. The molecule has 0 radical (unpaired) electrons. The maximum atomic E-state index is 2.49. The standard InChI is InChI=1S/C6H14N.2CH3.In/c1-4-6-7(3)5-2;;;/h1,4-6H2,2-3H3;2*1H3;. The Morgan fingerprint density at radius 1 is 1.30 bits per heavy atom. The van der Waals surface area contributed by atoms with Gasteiger partial charge in [-0.05, 0) is 0 Å². The minimum absolute atomic E-state index is 0.847. The Bertz CT molecular complexity index is 73.7. The van der Waals surface area contributed by atoms with Crippen LogP contribution in [0.3, 0.4) is 0 Å². The molecule has 0 amide bonds. The van der Waals surface area contributed by atoms with Gasteiger partial charge in [0.2, 0.25) is 0 Å². The van der Waals surface area contributed by atoms with Crippen LogP contribution < -0.4 is 0 Å². The third-order valence-corrected chi connectivity index (χ3v) is 6.32. The Labute approximate surface area is 73.3 Å². The first kappa shape index (κ1) is 10.8. The molecule has 0 spiro atoms. The Kier molecular flexibility index (Phi) is 7.08. The van der Waals surface area contributed by atoms with Crippen molar-refractivity contribution in [3.05, 3.63) is 0 Å². The van der Waals surface area contributed by atoms with Crippen LogP contribution in [-0.4, -0.2) is 46.5 Å². The minimum atomic E-state index is -0.847. The van der Waals surface area contributed by atoms with Crippen LogP contribution in [0.15, 0.2) is 0 Å².